The van der Waals surface area contributed by atoms with Crippen molar-refractivity contribution in [3.8, 4) is 6.07 Å². The van der Waals surface area contributed by atoms with Crippen LogP contribution in [0.1, 0.15) is 23.2 Å². The monoisotopic (exact) mass is 220 g/mol. The van der Waals surface area contributed by atoms with E-state index < -0.39 is 0 Å². The van der Waals surface area contributed by atoms with E-state index in [1.54, 1.807) is 0 Å². The molecule has 1 saturated carbocycles. The third-order valence-corrected chi connectivity index (χ3v) is 2.44. The van der Waals surface area contributed by atoms with Crippen molar-refractivity contribution in [3.63, 3.8) is 0 Å². The van der Waals surface area contributed by atoms with Gasteiger partial charge in [-0.25, -0.2) is 0 Å². The molecule has 16 heavy (non-hydrogen) atoms. The van der Waals surface area contributed by atoms with E-state index in [-0.39, 0.29) is 23.9 Å². The fraction of sp³-hybridized carbons (Fsp3) is 0.500. The van der Waals surface area contributed by atoms with Crippen molar-refractivity contribution in [2.75, 3.05) is 18.9 Å². The predicted octanol–water partition coefficient (Wildman–Crippen LogP) is 0.404. The van der Waals surface area contributed by atoms with Crippen LogP contribution in [0.25, 0.3) is 0 Å². The van der Waals surface area contributed by atoms with E-state index in [9.17, 15) is 4.79 Å². The lowest BCUT2D eigenvalue weighted by Crippen LogP contribution is -2.21. The van der Waals surface area contributed by atoms with Gasteiger partial charge < -0.3 is 10.5 Å². The molecule has 0 saturated heterocycles. The average Bonchev–Trinajstić information content (AvgIpc) is 3.01. The van der Waals surface area contributed by atoms with Crippen LogP contribution in [0.3, 0.4) is 0 Å². The Bertz CT molecular complexity index is 442. The van der Waals surface area contributed by atoms with Gasteiger partial charge in [0.1, 0.15) is 24.1 Å². The fourth-order valence-electron chi connectivity index (χ4n) is 1.30. The number of rotatable bonds is 4. The first-order valence-electron chi connectivity index (χ1n) is 5.07. The smallest absolute Gasteiger partial charge is 0.274 e. The molecular formula is C10H12N4O2. The molecule has 2 rings (SSSR count). The molecule has 0 unspecified atom stereocenters. The highest BCUT2D eigenvalue weighted by Gasteiger charge is 2.22. The molecule has 0 aliphatic heterocycles. The highest BCUT2D eigenvalue weighted by Crippen LogP contribution is 2.28. The van der Waals surface area contributed by atoms with E-state index >= 15 is 0 Å². The SMILES string of the molecule is N#Cc1cnn(C(=O)COCC2CC2)c1N. The highest BCUT2D eigenvalue weighted by atomic mass is 16.5. The quantitative estimate of drug-likeness (QED) is 0.792. The lowest BCUT2D eigenvalue weighted by Gasteiger charge is -2.03. The summed E-state index contributed by atoms with van der Waals surface area (Å²) in [6.45, 7) is 0.561. The molecule has 1 aliphatic rings. The number of hydrogen-bond donors (Lipinski definition) is 1. The Morgan fingerprint density at radius 3 is 3.06 bits per heavy atom. The van der Waals surface area contributed by atoms with Crippen LogP contribution in [0.4, 0.5) is 5.82 Å². The lowest BCUT2D eigenvalue weighted by molar-refractivity contribution is 0.0644. The molecular weight excluding hydrogens is 208 g/mol. The molecule has 0 spiro atoms. The third-order valence-electron chi connectivity index (χ3n) is 2.44. The third kappa shape index (κ3) is 2.20. The molecule has 84 valence electrons. The molecule has 0 aromatic carbocycles. The lowest BCUT2D eigenvalue weighted by atomic mass is 10.4. The zero-order valence-corrected chi connectivity index (χ0v) is 8.72. The Labute approximate surface area is 92.6 Å². The predicted molar refractivity (Wildman–Crippen MR) is 55.5 cm³/mol. The van der Waals surface area contributed by atoms with E-state index in [0.717, 1.165) is 4.68 Å². The number of hydrogen-bond acceptors (Lipinski definition) is 5. The first-order valence-corrected chi connectivity index (χ1v) is 5.07. The van der Waals surface area contributed by atoms with Crippen LogP contribution in [0.2, 0.25) is 0 Å². The fourth-order valence-corrected chi connectivity index (χ4v) is 1.30. The normalized spacial score (nSPS) is 14.7. The van der Waals surface area contributed by atoms with Gasteiger partial charge in [0.05, 0.1) is 12.8 Å². The minimum Gasteiger partial charge on any atom is -0.382 e. The van der Waals surface area contributed by atoms with E-state index in [1.165, 1.54) is 19.0 Å². The summed E-state index contributed by atoms with van der Waals surface area (Å²) in [6, 6.07) is 1.85. The molecule has 6 nitrogen and oxygen atoms in total. The van der Waals surface area contributed by atoms with Gasteiger partial charge in [-0.2, -0.15) is 15.0 Å². The van der Waals surface area contributed by atoms with Gasteiger partial charge >= 0.3 is 0 Å². The Hall–Kier alpha value is -1.87. The van der Waals surface area contributed by atoms with Crippen molar-refractivity contribution in [2.24, 2.45) is 5.92 Å². The summed E-state index contributed by atoms with van der Waals surface area (Å²) in [5, 5.41) is 12.4. The second kappa shape index (κ2) is 4.33. The number of nitrogen functional groups attached to an aromatic ring is 1. The molecule has 0 bridgehead atoms. The maximum atomic E-state index is 11.6. The summed E-state index contributed by atoms with van der Waals surface area (Å²) in [6.07, 6.45) is 3.63. The van der Waals surface area contributed by atoms with Crippen molar-refractivity contribution in [2.45, 2.75) is 12.8 Å². The van der Waals surface area contributed by atoms with Crippen LogP contribution in [-0.4, -0.2) is 28.9 Å². The standard InChI is InChI=1S/C10H12N4O2/c11-3-8-4-13-14(10(8)12)9(15)6-16-5-7-1-2-7/h4,7H,1-2,5-6,12H2. The molecule has 1 aromatic heterocycles. The molecule has 0 radical (unpaired) electrons. The number of nitrogens with zero attached hydrogens (tertiary/aromatic N) is 3. The molecule has 2 N–H and O–H groups in total. The molecule has 1 fully saturated rings. The minimum absolute atomic E-state index is 0.0484. The molecule has 0 atom stereocenters. The number of nitrogens with two attached hydrogens (primary N) is 1. The van der Waals surface area contributed by atoms with Crippen molar-refractivity contribution in [1.82, 2.24) is 9.78 Å². The maximum Gasteiger partial charge on any atom is 0.274 e. The molecule has 1 heterocycles. The number of carbonyl (C=O) groups is 1. The van der Waals surface area contributed by atoms with Gasteiger partial charge in [-0.3, -0.25) is 4.79 Å². The summed E-state index contributed by atoms with van der Waals surface area (Å²) >= 11 is 0. The minimum atomic E-state index is -0.348. The van der Waals surface area contributed by atoms with E-state index in [4.69, 9.17) is 15.7 Å². The molecule has 6 heteroatoms. The first kappa shape index (κ1) is 10.6. The Morgan fingerprint density at radius 1 is 1.75 bits per heavy atom. The zero-order valence-electron chi connectivity index (χ0n) is 8.72. The Balaban J connectivity index is 1.92. The second-order valence-corrected chi connectivity index (χ2v) is 3.82. The van der Waals surface area contributed by atoms with Gasteiger partial charge in [0.15, 0.2) is 0 Å². The number of aromatic nitrogens is 2. The summed E-state index contributed by atoms with van der Waals surface area (Å²) < 4.78 is 6.23. The number of carbonyl (C=O) groups excluding carboxylic acids is 1. The van der Waals surface area contributed by atoms with Crippen molar-refractivity contribution < 1.29 is 9.53 Å². The van der Waals surface area contributed by atoms with Crippen LogP contribution >= 0.6 is 0 Å². The molecule has 0 amide bonds. The summed E-state index contributed by atoms with van der Waals surface area (Å²) in [7, 11) is 0. The average molecular weight is 220 g/mol. The summed E-state index contributed by atoms with van der Waals surface area (Å²) in [5.74, 6) is 0.333. The van der Waals surface area contributed by atoms with Crippen LogP contribution < -0.4 is 5.73 Å². The van der Waals surface area contributed by atoms with Crippen LogP contribution in [0.15, 0.2) is 6.20 Å². The maximum absolute atomic E-state index is 11.6. The summed E-state index contributed by atoms with van der Waals surface area (Å²) in [4.78, 5) is 11.6. The van der Waals surface area contributed by atoms with E-state index in [1.807, 2.05) is 6.07 Å². The highest BCUT2D eigenvalue weighted by molar-refractivity contribution is 5.83. The number of ether oxygens (including phenoxy) is 1. The Morgan fingerprint density at radius 2 is 2.50 bits per heavy atom. The van der Waals surface area contributed by atoms with E-state index in [2.05, 4.69) is 5.10 Å². The van der Waals surface area contributed by atoms with Gasteiger partial charge in [0.2, 0.25) is 0 Å². The van der Waals surface area contributed by atoms with E-state index in [0.29, 0.717) is 12.5 Å². The van der Waals surface area contributed by atoms with Gasteiger partial charge in [-0.05, 0) is 18.8 Å². The van der Waals surface area contributed by atoms with Crippen molar-refractivity contribution >= 4 is 11.7 Å². The van der Waals surface area contributed by atoms with Gasteiger partial charge in [0.25, 0.3) is 5.91 Å². The first-order chi connectivity index (χ1) is 7.72. The van der Waals surface area contributed by atoms with Crippen molar-refractivity contribution in [3.05, 3.63) is 11.8 Å². The summed E-state index contributed by atoms with van der Waals surface area (Å²) in [5.41, 5.74) is 5.76. The zero-order chi connectivity index (χ0) is 11.5. The molecule has 1 aromatic rings. The largest absolute Gasteiger partial charge is 0.382 e. The topological polar surface area (TPSA) is 93.9 Å². The van der Waals surface area contributed by atoms with Crippen LogP contribution in [0, 0.1) is 17.2 Å². The van der Waals surface area contributed by atoms with Crippen LogP contribution in [-0.2, 0) is 4.74 Å². The van der Waals surface area contributed by atoms with Gasteiger partial charge in [-0.15, -0.1) is 0 Å². The number of anilines is 1. The second-order valence-electron chi connectivity index (χ2n) is 3.82. The van der Waals surface area contributed by atoms with Gasteiger partial charge in [-0.1, -0.05) is 0 Å². The number of nitriles is 1. The Kier molecular flexibility index (Phi) is 2.88. The molecule has 1 aliphatic carbocycles. The van der Waals surface area contributed by atoms with Crippen molar-refractivity contribution in [1.29, 1.82) is 5.26 Å². The van der Waals surface area contributed by atoms with Gasteiger partial charge in [0, 0.05) is 0 Å². The van der Waals surface area contributed by atoms with Crippen LogP contribution in [0.5, 0.6) is 0 Å².